The molecule has 29 heavy (non-hydrogen) atoms. The number of carbonyl (C=O) groups is 2. The number of benzene rings is 2. The van der Waals surface area contributed by atoms with E-state index in [2.05, 4.69) is 12.2 Å². The second-order valence-corrected chi connectivity index (χ2v) is 8.02. The summed E-state index contributed by atoms with van der Waals surface area (Å²) < 4.78 is 0. The molecule has 2 aromatic carbocycles. The number of carbonyl (C=O) groups excluding carboxylic acids is 2. The Hall–Kier alpha value is -2.04. The summed E-state index contributed by atoms with van der Waals surface area (Å²) >= 11 is 12.5. The number of halogens is 2. The van der Waals surface area contributed by atoms with Gasteiger partial charge in [-0.2, -0.15) is 0 Å². The number of hydrogen-bond acceptors (Lipinski definition) is 2. The predicted molar refractivity (Wildman–Crippen MR) is 119 cm³/mol. The van der Waals surface area contributed by atoms with Crippen LogP contribution in [0.25, 0.3) is 0 Å². The third-order valence-electron chi connectivity index (χ3n) is 4.86. The molecule has 6 heteroatoms. The maximum Gasteiger partial charge on any atom is 0.242 e. The van der Waals surface area contributed by atoms with Gasteiger partial charge in [-0.05, 0) is 43.5 Å². The number of nitrogens with one attached hydrogen (secondary N) is 1. The van der Waals surface area contributed by atoms with Gasteiger partial charge in [0.15, 0.2) is 0 Å². The summed E-state index contributed by atoms with van der Waals surface area (Å²) in [5, 5.41) is 3.81. The topological polar surface area (TPSA) is 49.4 Å². The average Bonchev–Trinajstić information content (AvgIpc) is 2.70. The van der Waals surface area contributed by atoms with Crippen LogP contribution in [0.3, 0.4) is 0 Å². The van der Waals surface area contributed by atoms with Crippen LogP contribution in [0.5, 0.6) is 0 Å². The molecule has 0 aliphatic heterocycles. The van der Waals surface area contributed by atoms with Crippen molar-refractivity contribution in [3.63, 3.8) is 0 Å². The average molecular weight is 435 g/mol. The highest BCUT2D eigenvalue weighted by atomic mass is 35.5. The SMILES string of the molecule is CCCCNC(=O)[C@@H](C)N(Cc1ccc(C)cc1)C(=O)Cc1c(Cl)cccc1Cl. The third-order valence-corrected chi connectivity index (χ3v) is 5.57. The van der Waals surface area contributed by atoms with E-state index < -0.39 is 6.04 Å². The number of rotatable bonds is 9. The Balaban J connectivity index is 2.23. The smallest absolute Gasteiger partial charge is 0.242 e. The van der Waals surface area contributed by atoms with Gasteiger partial charge in [-0.3, -0.25) is 9.59 Å². The van der Waals surface area contributed by atoms with Gasteiger partial charge in [-0.25, -0.2) is 0 Å². The molecule has 2 amide bonds. The molecule has 0 aromatic heterocycles. The van der Waals surface area contributed by atoms with Crippen molar-refractivity contribution in [3.8, 4) is 0 Å². The molecule has 2 aromatic rings. The fraction of sp³-hybridized carbons (Fsp3) is 0.391. The maximum absolute atomic E-state index is 13.2. The first-order valence-corrected chi connectivity index (χ1v) is 10.6. The minimum Gasteiger partial charge on any atom is -0.354 e. The van der Waals surface area contributed by atoms with E-state index in [1.807, 2.05) is 31.2 Å². The normalized spacial score (nSPS) is 11.8. The Morgan fingerprint density at radius 3 is 2.28 bits per heavy atom. The highest BCUT2D eigenvalue weighted by Crippen LogP contribution is 2.26. The van der Waals surface area contributed by atoms with Gasteiger partial charge in [-0.15, -0.1) is 0 Å². The van der Waals surface area contributed by atoms with Gasteiger partial charge in [0, 0.05) is 23.1 Å². The lowest BCUT2D eigenvalue weighted by atomic mass is 10.1. The van der Waals surface area contributed by atoms with Crippen molar-refractivity contribution in [2.45, 2.75) is 52.6 Å². The first kappa shape index (κ1) is 23.2. The number of hydrogen-bond donors (Lipinski definition) is 1. The summed E-state index contributed by atoms with van der Waals surface area (Å²) in [4.78, 5) is 27.4. The lowest BCUT2D eigenvalue weighted by Gasteiger charge is -2.29. The van der Waals surface area contributed by atoms with Gasteiger partial charge in [0.25, 0.3) is 0 Å². The van der Waals surface area contributed by atoms with E-state index in [0.29, 0.717) is 28.7 Å². The molecule has 0 aliphatic rings. The fourth-order valence-corrected chi connectivity index (χ4v) is 3.49. The van der Waals surface area contributed by atoms with Crippen molar-refractivity contribution >= 4 is 35.0 Å². The van der Waals surface area contributed by atoms with Gasteiger partial charge < -0.3 is 10.2 Å². The van der Waals surface area contributed by atoms with Crippen molar-refractivity contribution in [1.29, 1.82) is 0 Å². The Labute approximate surface area is 183 Å². The summed E-state index contributed by atoms with van der Waals surface area (Å²) in [5.41, 5.74) is 2.68. The van der Waals surface area contributed by atoms with Gasteiger partial charge in [0.1, 0.15) is 6.04 Å². The number of amides is 2. The second kappa shape index (κ2) is 11.2. The third kappa shape index (κ3) is 6.76. The van der Waals surface area contributed by atoms with Crippen molar-refractivity contribution in [2.24, 2.45) is 0 Å². The van der Waals surface area contributed by atoms with Crippen LogP contribution >= 0.6 is 23.2 Å². The Kier molecular flexibility index (Phi) is 8.99. The molecule has 1 atom stereocenters. The molecule has 0 bridgehead atoms. The first-order valence-electron chi connectivity index (χ1n) is 9.89. The molecule has 0 saturated heterocycles. The number of aryl methyl sites for hydroxylation is 1. The largest absolute Gasteiger partial charge is 0.354 e. The van der Waals surface area contributed by atoms with Gasteiger partial charge in [0.2, 0.25) is 11.8 Å². The molecule has 0 heterocycles. The quantitative estimate of drug-likeness (QED) is 0.552. The summed E-state index contributed by atoms with van der Waals surface area (Å²) in [6.45, 7) is 6.76. The standard InChI is InChI=1S/C23H28Cl2N2O2/c1-4-5-13-26-23(29)17(3)27(15-18-11-9-16(2)10-12-18)22(28)14-19-20(24)7-6-8-21(19)25/h6-12,17H,4-5,13-15H2,1-3H3,(H,26,29)/t17-/m1/s1. The Morgan fingerprint density at radius 2 is 1.69 bits per heavy atom. The van der Waals surface area contributed by atoms with Crippen molar-refractivity contribution in [1.82, 2.24) is 10.2 Å². The molecule has 156 valence electrons. The lowest BCUT2D eigenvalue weighted by molar-refractivity contribution is -0.140. The predicted octanol–water partition coefficient (Wildman–Crippen LogP) is 5.18. The first-order chi connectivity index (χ1) is 13.8. The monoisotopic (exact) mass is 434 g/mol. The van der Waals surface area contributed by atoms with Crippen LogP contribution < -0.4 is 5.32 Å². The molecular weight excluding hydrogens is 407 g/mol. The van der Waals surface area contributed by atoms with E-state index >= 15 is 0 Å². The van der Waals surface area contributed by atoms with Crippen LogP contribution in [0.4, 0.5) is 0 Å². The van der Waals surface area contributed by atoms with Crippen molar-refractivity contribution in [3.05, 3.63) is 69.2 Å². The van der Waals surface area contributed by atoms with E-state index in [0.717, 1.165) is 24.0 Å². The summed E-state index contributed by atoms with van der Waals surface area (Å²) in [6.07, 6.45) is 1.93. The molecule has 0 radical (unpaired) electrons. The summed E-state index contributed by atoms with van der Waals surface area (Å²) in [6, 6.07) is 12.5. The molecule has 0 unspecified atom stereocenters. The van der Waals surface area contributed by atoms with Crippen LogP contribution in [0.15, 0.2) is 42.5 Å². The molecule has 0 fully saturated rings. The van der Waals surface area contributed by atoms with Gasteiger partial charge in [-0.1, -0.05) is 72.4 Å². The second-order valence-electron chi connectivity index (χ2n) is 7.20. The number of unbranched alkanes of at least 4 members (excludes halogenated alkanes) is 1. The van der Waals surface area contributed by atoms with E-state index in [-0.39, 0.29) is 18.2 Å². The fourth-order valence-electron chi connectivity index (χ4n) is 2.96. The van der Waals surface area contributed by atoms with E-state index in [9.17, 15) is 9.59 Å². The van der Waals surface area contributed by atoms with Gasteiger partial charge in [0.05, 0.1) is 6.42 Å². The highest BCUT2D eigenvalue weighted by molar-refractivity contribution is 6.36. The van der Waals surface area contributed by atoms with Crippen LogP contribution in [0.2, 0.25) is 10.0 Å². The Morgan fingerprint density at radius 1 is 1.07 bits per heavy atom. The summed E-state index contributed by atoms with van der Waals surface area (Å²) in [5.74, 6) is -0.358. The van der Waals surface area contributed by atoms with Crippen LogP contribution in [0, 0.1) is 6.92 Å². The zero-order valence-electron chi connectivity index (χ0n) is 17.2. The lowest BCUT2D eigenvalue weighted by Crippen LogP contribution is -2.48. The zero-order chi connectivity index (χ0) is 21.4. The van der Waals surface area contributed by atoms with E-state index in [1.165, 1.54) is 0 Å². The Bertz CT molecular complexity index is 817. The molecule has 0 saturated carbocycles. The van der Waals surface area contributed by atoms with E-state index in [4.69, 9.17) is 23.2 Å². The van der Waals surface area contributed by atoms with Crippen molar-refractivity contribution < 1.29 is 9.59 Å². The molecular formula is C23H28Cl2N2O2. The minimum atomic E-state index is -0.609. The van der Waals surface area contributed by atoms with Gasteiger partial charge >= 0.3 is 0 Å². The van der Waals surface area contributed by atoms with Crippen molar-refractivity contribution in [2.75, 3.05) is 6.54 Å². The van der Waals surface area contributed by atoms with Crippen LogP contribution in [-0.4, -0.2) is 29.3 Å². The molecule has 1 N–H and O–H groups in total. The zero-order valence-corrected chi connectivity index (χ0v) is 18.7. The number of nitrogens with zero attached hydrogens (tertiary/aromatic N) is 1. The summed E-state index contributed by atoms with van der Waals surface area (Å²) in [7, 11) is 0. The van der Waals surface area contributed by atoms with E-state index in [1.54, 1.807) is 30.0 Å². The molecule has 4 nitrogen and oxygen atoms in total. The molecule has 0 aliphatic carbocycles. The molecule has 2 rings (SSSR count). The van der Waals surface area contributed by atoms with Crippen LogP contribution in [0.1, 0.15) is 43.4 Å². The maximum atomic E-state index is 13.2. The van der Waals surface area contributed by atoms with Crippen LogP contribution in [-0.2, 0) is 22.6 Å². The molecule has 0 spiro atoms. The highest BCUT2D eigenvalue weighted by Gasteiger charge is 2.27. The minimum absolute atomic E-state index is 0.0386.